The minimum Gasteiger partial charge on any atom is -0.508 e. The second-order valence-electron chi connectivity index (χ2n) is 4.98. The number of nitrogens with zero attached hydrogens (tertiary/aromatic N) is 3. The summed E-state index contributed by atoms with van der Waals surface area (Å²) in [7, 11) is 0. The highest BCUT2D eigenvalue weighted by Gasteiger charge is 2.14. The third kappa shape index (κ3) is 2.24. The number of aromatic nitrogens is 3. The Morgan fingerprint density at radius 3 is 2.80 bits per heavy atom. The van der Waals surface area contributed by atoms with E-state index in [1.54, 1.807) is 12.3 Å². The van der Waals surface area contributed by atoms with Crippen LogP contribution in [0.2, 0.25) is 0 Å². The zero-order valence-electron chi connectivity index (χ0n) is 11.1. The standard InChI is InChI=1S/C14H16N4O2/c1-9(19)11-7-10-8-15-14(17-12(10)16-13(11)20)18-5-3-2-4-6-18/h7-8,19H,1-6H2,(H,15,16,17,20). The van der Waals surface area contributed by atoms with Gasteiger partial charge < -0.3 is 15.0 Å². The zero-order valence-corrected chi connectivity index (χ0v) is 11.1. The van der Waals surface area contributed by atoms with E-state index < -0.39 is 5.56 Å². The van der Waals surface area contributed by atoms with E-state index in [1.165, 1.54) is 6.42 Å². The van der Waals surface area contributed by atoms with Crippen LogP contribution in [-0.2, 0) is 0 Å². The van der Waals surface area contributed by atoms with Crippen LogP contribution in [0.25, 0.3) is 16.8 Å². The van der Waals surface area contributed by atoms with Crippen LogP contribution in [0, 0.1) is 0 Å². The van der Waals surface area contributed by atoms with E-state index in [1.807, 2.05) is 0 Å². The number of aliphatic hydroxyl groups is 1. The number of piperidine rings is 1. The van der Waals surface area contributed by atoms with Gasteiger partial charge in [0, 0.05) is 24.7 Å². The van der Waals surface area contributed by atoms with E-state index in [4.69, 9.17) is 0 Å². The number of pyridine rings is 1. The van der Waals surface area contributed by atoms with Gasteiger partial charge in [-0.2, -0.15) is 4.98 Å². The molecule has 0 saturated carbocycles. The first-order chi connectivity index (χ1) is 9.65. The molecule has 20 heavy (non-hydrogen) atoms. The van der Waals surface area contributed by atoms with Crippen LogP contribution < -0.4 is 10.5 Å². The molecule has 0 bridgehead atoms. The molecule has 2 aromatic heterocycles. The molecule has 0 spiro atoms. The smallest absolute Gasteiger partial charge is 0.260 e. The Morgan fingerprint density at radius 2 is 2.10 bits per heavy atom. The molecular weight excluding hydrogens is 256 g/mol. The van der Waals surface area contributed by atoms with Crippen molar-refractivity contribution in [1.29, 1.82) is 0 Å². The van der Waals surface area contributed by atoms with E-state index in [0.717, 1.165) is 25.9 Å². The minimum atomic E-state index is -0.395. The SMILES string of the molecule is C=C(O)c1cc2cnc(N3CCCCC3)nc2[nH]c1=O. The van der Waals surface area contributed by atoms with Crippen LogP contribution in [0.5, 0.6) is 0 Å². The third-order valence-corrected chi connectivity index (χ3v) is 3.53. The van der Waals surface area contributed by atoms with Gasteiger partial charge in [-0.15, -0.1) is 0 Å². The number of rotatable bonds is 2. The number of hydrogen-bond donors (Lipinski definition) is 2. The van der Waals surface area contributed by atoms with E-state index in [-0.39, 0.29) is 11.3 Å². The van der Waals surface area contributed by atoms with Crippen LogP contribution in [0.3, 0.4) is 0 Å². The van der Waals surface area contributed by atoms with E-state index in [2.05, 4.69) is 26.4 Å². The molecule has 1 fully saturated rings. The summed E-state index contributed by atoms with van der Waals surface area (Å²) < 4.78 is 0. The molecule has 0 radical (unpaired) electrons. The van der Waals surface area contributed by atoms with E-state index >= 15 is 0 Å². The van der Waals surface area contributed by atoms with Gasteiger partial charge in [0.05, 0.1) is 5.56 Å². The zero-order chi connectivity index (χ0) is 14.1. The number of H-pyrrole nitrogens is 1. The van der Waals surface area contributed by atoms with Crippen molar-refractivity contribution < 1.29 is 5.11 Å². The van der Waals surface area contributed by atoms with Gasteiger partial charge in [-0.05, 0) is 25.3 Å². The fourth-order valence-electron chi connectivity index (χ4n) is 2.44. The molecule has 0 aliphatic carbocycles. The van der Waals surface area contributed by atoms with Crippen molar-refractivity contribution in [2.24, 2.45) is 0 Å². The van der Waals surface area contributed by atoms with Gasteiger partial charge in [-0.3, -0.25) is 4.79 Å². The molecule has 0 amide bonds. The fourth-order valence-corrected chi connectivity index (χ4v) is 2.44. The van der Waals surface area contributed by atoms with Crippen molar-refractivity contribution in [3.8, 4) is 0 Å². The van der Waals surface area contributed by atoms with Gasteiger partial charge in [-0.1, -0.05) is 6.58 Å². The maximum atomic E-state index is 11.8. The summed E-state index contributed by atoms with van der Waals surface area (Å²) in [6, 6.07) is 1.55. The lowest BCUT2D eigenvalue weighted by molar-refractivity contribution is 0.513. The van der Waals surface area contributed by atoms with Crippen LogP contribution in [0.4, 0.5) is 5.95 Å². The van der Waals surface area contributed by atoms with Gasteiger partial charge in [0.2, 0.25) is 5.95 Å². The van der Waals surface area contributed by atoms with Gasteiger partial charge in [-0.25, -0.2) is 4.98 Å². The summed E-state index contributed by atoms with van der Waals surface area (Å²) in [5, 5.41) is 10.0. The average Bonchev–Trinajstić information content (AvgIpc) is 2.46. The van der Waals surface area contributed by atoms with Gasteiger partial charge in [0.25, 0.3) is 5.56 Å². The first kappa shape index (κ1) is 12.7. The highest BCUT2D eigenvalue weighted by atomic mass is 16.3. The van der Waals surface area contributed by atoms with E-state index in [0.29, 0.717) is 17.0 Å². The highest BCUT2D eigenvalue weighted by Crippen LogP contribution is 2.18. The first-order valence-electron chi connectivity index (χ1n) is 6.68. The maximum absolute atomic E-state index is 11.8. The normalized spacial score (nSPS) is 15.5. The summed E-state index contributed by atoms with van der Waals surface area (Å²) >= 11 is 0. The van der Waals surface area contributed by atoms with Crippen LogP contribution in [0.15, 0.2) is 23.6 Å². The van der Waals surface area contributed by atoms with Crippen molar-refractivity contribution >= 4 is 22.7 Å². The molecule has 0 unspecified atom stereocenters. The topological polar surface area (TPSA) is 82.1 Å². The molecule has 0 aromatic carbocycles. The second-order valence-corrected chi connectivity index (χ2v) is 4.98. The van der Waals surface area contributed by atoms with Crippen molar-refractivity contribution in [3.63, 3.8) is 0 Å². The van der Waals surface area contributed by atoms with Crippen LogP contribution in [-0.4, -0.2) is 33.1 Å². The first-order valence-corrected chi connectivity index (χ1v) is 6.68. The summed E-state index contributed by atoms with van der Waals surface area (Å²) in [6.45, 7) is 5.26. The Labute approximate surface area is 115 Å². The second kappa shape index (κ2) is 4.96. The fraction of sp³-hybridized carbons (Fsp3) is 0.357. The Morgan fingerprint density at radius 1 is 1.35 bits per heavy atom. The lowest BCUT2D eigenvalue weighted by atomic mass is 10.1. The monoisotopic (exact) mass is 272 g/mol. The van der Waals surface area contributed by atoms with E-state index in [9.17, 15) is 9.90 Å². The Hall–Kier alpha value is -2.37. The summed E-state index contributed by atoms with van der Waals surface area (Å²) in [6.07, 6.45) is 5.18. The molecule has 0 atom stereocenters. The Bertz CT molecular complexity index is 717. The lowest BCUT2D eigenvalue weighted by Crippen LogP contribution is -2.31. The maximum Gasteiger partial charge on any atom is 0.260 e. The van der Waals surface area contributed by atoms with Crippen molar-refractivity contribution in [3.05, 3.63) is 34.8 Å². The number of nitrogens with one attached hydrogen (secondary N) is 1. The Balaban J connectivity index is 2.05. The van der Waals surface area contributed by atoms with Gasteiger partial charge in [0.1, 0.15) is 11.4 Å². The Kier molecular flexibility index (Phi) is 3.14. The number of fused-ring (bicyclic) bond motifs is 1. The third-order valence-electron chi connectivity index (χ3n) is 3.53. The number of aliphatic hydroxyl groups excluding tert-OH is 1. The number of anilines is 1. The largest absolute Gasteiger partial charge is 0.508 e. The molecule has 2 aromatic rings. The summed E-state index contributed by atoms with van der Waals surface area (Å²) in [5.74, 6) is 0.386. The molecule has 3 rings (SSSR count). The number of hydrogen-bond acceptors (Lipinski definition) is 5. The van der Waals surface area contributed by atoms with Crippen molar-refractivity contribution in [2.75, 3.05) is 18.0 Å². The molecule has 2 N–H and O–H groups in total. The predicted octanol–water partition coefficient (Wildman–Crippen LogP) is 1.84. The molecule has 104 valence electrons. The van der Waals surface area contributed by atoms with Crippen molar-refractivity contribution in [2.45, 2.75) is 19.3 Å². The minimum absolute atomic E-state index is 0.145. The summed E-state index contributed by atoms with van der Waals surface area (Å²) in [4.78, 5) is 25.4. The molecule has 1 saturated heterocycles. The van der Waals surface area contributed by atoms with Crippen LogP contribution in [0.1, 0.15) is 24.8 Å². The molecular formula is C14H16N4O2. The molecule has 6 heteroatoms. The molecule has 6 nitrogen and oxygen atoms in total. The highest BCUT2D eigenvalue weighted by molar-refractivity contribution is 5.78. The molecule has 1 aliphatic heterocycles. The quantitative estimate of drug-likeness (QED) is 0.815. The average molecular weight is 272 g/mol. The molecule has 3 heterocycles. The molecule has 1 aliphatic rings. The predicted molar refractivity (Wildman–Crippen MR) is 77.9 cm³/mol. The van der Waals surface area contributed by atoms with Crippen LogP contribution >= 0.6 is 0 Å². The van der Waals surface area contributed by atoms with Gasteiger partial charge >= 0.3 is 0 Å². The summed E-state index contributed by atoms with van der Waals surface area (Å²) in [5.41, 5.74) is 0.232. The van der Waals surface area contributed by atoms with Crippen molar-refractivity contribution in [1.82, 2.24) is 15.0 Å². The van der Waals surface area contributed by atoms with Gasteiger partial charge in [0.15, 0.2) is 0 Å². The number of aromatic amines is 1. The lowest BCUT2D eigenvalue weighted by Gasteiger charge is -2.26.